The third-order valence-corrected chi connectivity index (χ3v) is 4.12. The van der Waals surface area contributed by atoms with Crippen molar-refractivity contribution in [2.75, 3.05) is 12.4 Å². The Labute approximate surface area is 139 Å². The molecule has 0 unspecified atom stereocenters. The first-order valence-electron chi connectivity index (χ1n) is 7.90. The molecule has 2 N–H and O–H groups in total. The van der Waals surface area contributed by atoms with Crippen molar-refractivity contribution in [1.82, 2.24) is 0 Å². The van der Waals surface area contributed by atoms with Crippen LogP contribution in [0.15, 0.2) is 54.6 Å². The number of hydrogen-bond donors (Lipinski definition) is 2. The molecular formula is C19H25NOS. The van der Waals surface area contributed by atoms with Crippen LogP contribution in [0.1, 0.15) is 30.4 Å². The Morgan fingerprint density at radius 1 is 0.909 bits per heavy atom. The van der Waals surface area contributed by atoms with Crippen LogP contribution in [0, 0.1) is 0 Å². The van der Waals surface area contributed by atoms with Crippen molar-refractivity contribution in [1.29, 1.82) is 0 Å². The lowest BCUT2D eigenvalue weighted by atomic mass is 10.1. The molecule has 22 heavy (non-hydrogen) atoms. The monoisotopic (exact) mass is 315 g/mol. The lowest BCUT2D eigenvalue weighted by Gasteiger charge is -2.09. The van der Waals surface area contributed by atoms with E-state index in [-0.39, 0.29) is 6.04 Å². The van der Waals surface area contributed by atoms with Crippen LogP contribution < -0.4 is 10.5 Å². The van der Waals surface area contributed by atoms with Crippen LogP contribution in [0.2, 0.25) is 0 Å². The standard InChI is InChI=1S/C19H25NOS/c20-18(15-22)8-4-5-13-21-19-11-9-17(10-12-19)14-16-6-2-1-3-7-16/h1-3,6-7,9-12,18,22H,4-5,8,13-15,20H2/t18-/m1/s1. The van der Waals surface area contributed by atoms with E-state index in [1.807, 2.05) is 6.07 Å². The van der Waals surface area contributed by atoms with Gasteiger partial charge in [0.25, 0.3) is 0 Å². The number of hydrogen-bond acceptors (Lipinski definition) is 3. The van der Waals surface area contributed by atoms with Crippen LogP contribution in [0.5, 0.6) is 5.75 Å². The summed E-state index contributed by atoms with van der Waals surface area (Å²) < 4.78 is 5.77. The number of benzene rings is 2. The molecule has 0 amide bonds. The van der Waals surface area contributed by atoms with Gasteiger partial charge in [-0.1, -0.05) is 42.5 Å². The highest BCUT2D eigenvalue weighted by Crippen LogP contribution is 2.15. The molecule has 2 rings (SSSR count). The van der Waals surface area contributed by atoms with Gasteiger partial charge in [0, 0.05) is 11.8 Å². The van der Waals surface area contributed by atoms with Crippen LogP contribution in [-0.4, -0.2) is 18.4 Å². The minimum Gasteiger partial charge on any atom is -0.494 e. The van der Waals surface area contributed by atoms with Crippen molar-refractivity contribution >= 4 is 12.6 Å². The number of thiol groups is 1. The highest BCUT2D eigenvalue weighted by Gasteiger charge is 2.00. The molecule has 1 atom stereocenters. The Bertz CT molecular complexity index is 527. The fourth-order valence-electron chi connectivity index (χ4n) is 2.32. The molecule has 0 aliphatic rings. The Morgan fingerprint density at radius 3 is 2.27 bits per heavy atom. The van der Waals surface area contributed by atoms with Gasteiger partial charge in [-0.25, -0.2) is 0 Å². The van der Waals surface area contributed by atoms with Crippen molar-refractivity contribution in [2.24, 2.45) is 5.73 Å². The molecule has 0 heterocycles. The van der Waals surface area contributed by atoms with Gasteiger partial charge in [-0.15, -0.1) is 0 Å². The summed E-state index contributed by atoms with van der Waals surface area (Å²) in [5.41, 5.74) is 8.46. The molecule has 0 aliphatic carbocycles. The number of unbranched alkanes of at least 4 members (excludes halogenated alkanes) is 1. The van der Waals surface area contributed by atoms with Crippen molar-refractivity contribution in [3.63, 3.8) is 0 Å². The van der Waals surface area contributed by atoms with Crippen LogP contribution in [-0.2, 0) is 6.42 Å². The predicted molar refractivity (Wildman–Crippen MR) is 96.9 cm³/mol. The summed E-state index contributed by atoms with van der Waals surface area (Å²) in [4.78, 5) is 0. The second kappa shape index (κ2) is 9.54. The highest BCUT2D eigenvalue weighted by molar-refractivity contribution is 7.80. The topological polar surface area (TPSA) is 35.2 Å². The molecule has 0 saturated carbocycles. The van der Waals surface area contributed by atoms with E-state index in [4.69, 9.17) is 10.5 Å². The maximum atomic E-state index is 5.83. The zero-order valence-electron chi connectivity index (χ0n) is 12.9. The number of ether oxygens (including phenoxy) is 1. The Hall–Kier alpha value is -1.45. The predicted octanol–water partition coefficient (Wildman–Crippen LogP) is 4.08. The van der Waals surface area contributed by atoms with Crippen LogP contribution in [0.25, 0.3) is 0 Å². The van der Waals surface area contributed by atoms with Crippen molar-refractivity contribution < 1.29 is 4.74 Å². The van der Waals surface area contributed by atoms with E-state index in [0.29, 0.717) is 0 Å². The SMILES string of the molecule is N[C@@H](CS)CCCCOc1ccc(Cc2ccccc2)cc1. The molecule has 0 aliphatic heterocycles. The summed E-state index contributed by atoms with van der Waals surface area (Å²) >= 11 is 4.19. The van der Waals surface area contributed by atoms with E-state index < -0.39 is 0 Å². The zero-order chi connectivity index (χ0) is 15.6. The maximum absolute atomic E-state index is 5.83. The Balaban J connectivity index is 1.70. The van der Waals surface area contributed by atoms with Gasteiger partial charge < -0.3 is 10.5 Å². The van der Waals surface area contributed by atoms with E-state index in [1.54, 1.807) is 0 Å². The lowest BCUT2D eigenvalue weighted by molar-refractivity contribution is 0.304. The average Bonchev–Trinajstić information content (AvgIpc) is 2.57. The minimum atomic E-state index is 0.209. The van der Waals surface area contributed by atoms with Gasteiger partial charge >= 0.3 is 0 Å². The van der Waals surface area contributed by atoms with E-state index in [0.717, 1.165) is 43.8 Å². The van der Waals surface area contributed by atoms with Crippen LogP contribution >= 0.6 is 12.6 Å². The molecule has 0 radical (unpaired) electrons. The fraction of sp³-hybridized carbons (Fsp3) is 0.368. The minimum absolute atomic E-state index is 0.209. The van der Waals surface area contributed by atoms with Gasteiger partial charge in [-0.05, 0) is 48.9 Å². The summed E-state index contributed by atoms with van der Waals surface area (Å²) in [6, 6.07) is 19.1. The van der Waals surface area contributed by atoms with Gasteiger partial charge in [0.1, 0.15) is 5.75 Å². The molecule has 118 valence electrons. The summed E-state index contributed by atoms with van der Waals surface area (Å²) in [5, 5.41) is 0. The van der Waals surface area contributed by atoms with Gasteiger partial charge in [0.15, 0.2) is 0 Å². The normalized spacial score (nSPS) is 12.1. The smallest absolute Gasteiger partial charge is 0.119 e. The molecule has 0 spiro atoms. The fourth-order valence-corrected chi connectivity index (χ4v) is 2.51. The van der Waals surface area contributed by atoms with Gasteiger partial charge in [0.2, 0.25) is 0 Å². The number of nitrogens with two attached hydrogens (primary N) is 1. The third-order valence-electron chi connectivity index (χ3n) is 3.65. The molecule has 0 fully saturated rings. The van der Waals surface area contributed by atoms with Crippen LogP contribution in [0.4, 0.5) is 0 Å². The van der Waals surface area contributed by atoms with E-state index in [9.17, 15) is 0 Å². The summed E-state index contributed by atoms with van der Waals surface area (Å²) in [6.07, 6.45) is 4.10. The molecule has 2 aromatic rings. The lowest BCUT2D eigenvalue weighted by Crippen LogP contribution is -2.21. The quantitative estimate of drug-likeness (QED) is 0.540. The second-order valence-electron chi connectivity index (χ2n) is 5.59. The molecule has 3 heteroatoms. The first-order chi connectivity index (χ1) is 10.8. The van der Waals surface area contributed by atoms with Gasteiger partial charge in [0.05, 0.1) is 6.61 Å². The van der Waals surface area contributed by atoms with Crippen molar-refractivity contribution in [2.45, 2.75) is 31.7 Å². The summed E-state index contributed by atoms with van der Waals surface area (Å²) in [5.74, 6) is 1.69. The van der Waals surface area contributed by atoms with Crippen molar-refractivity contribution in [3.05, 3.63) is 65.7 Å². The first-order valence-corrected chi connectivity index (χ1v) is 8.53. The second-order valence-corrected chi connectivity index (χ2v) is 5.96. The van der Waals surface area contributed by atoms with E-state index in [1.165, 1.54) is 11.1 Å². The van der Waals surface area contributed by atoms with E-state index in [2.05, 4.69) is 61.2 Å². The highest BCUT2D eigenvalue weighted by atomic mass is 32.1. The molecule has 0 saturated heterocycles. The Kier molecular flexibility index (Phi) is 7.34. The van der Waals surface area contributed by atoms with Gasteiger partial charge in [-0.2, -0.15) is 12.6 Å². The molecule has 2 nitrogen and oxygen atoms in total. The Morgan fingerprint density at radius 2 is 1.59 bits per heavy atom. The largest absolute Gasteiger partial charge is 0.494 e. The average molecular weight is 315 g/mol. The van der Waals surface area contributed by atoms with Crippen molar-refractivity contribution in [3.8, 4) is 5.75 Å². The number of rotatable bonds is 9. The molecular weight excluding hydrogens is 290 g/mol. The van der Waals surface area contributed by atoms with Gasteiger partial charge in [-0.3, -0.25) is 0 Å². The zero-order valence-corrected chi connectivity index (χ0v) is 13.8. The molecule has 0 aromatic heterocycles. The summed E-state index contributed by atoms with van der Waals surface area (Å²) in [6.45, 7) is 0.747. The molecule has 0 bridgehead atoms. The summed E-state index contributed by atoms with van der Waals surface area (Å²) in [7, 11) is 0. The maximum Gasteiger partial charge on any atom is 0.119 e. The third kappa shape index (κ3) is 6.12. The first kappa shape index (κ1) is 16.9. The molecule has 2 aromatic carbocycles. The van der Waals surface area contributed by atoms with Crippen LogP contribution in [0.3, 0.4) is 0 Å². The van der Waals surface area contributed by atoms with E-state index >= 15 is 0 Å².